The highest BCUT2D eigenvalue weighted by molar-refractivity contribution is 7.99. The number of aryl methyl sites for hydroxylation is 2. The largest absolute Gasteiger partial charge is 0.335 e. The minimum absolute atomic E-state index is 0.584. The van der Waals surface area contributed by atoms with E-state index in [0.29, 0.717) is 13.2 Å². The SMILES string of the molecule is Cc1cc2nc(SC3(c4ccccc4)OCCO3)[nH]c2cc1C. The van der Waals surface area contributed by atoms with Crippen molar-refractivity contribution in [2.75, 3.05) is 13.2 Å². The number of aromatic nitrogens is 2. The smallest absolute Gasteiger partial charge is 0.253 e. The van der Waals surface area contributed by atoms with Crippen LogP contribution in [0.15, 0.2) is 47.6 Å². The molecule has 1 saturated heterocycles. The molecule has 0 radical (unpaired) electrons. The highest BCUT2D eigenvalue weighted by atomic mass is 32.2. The van der Waals surface area contributed by atoms with E-state index in [1.165, 1.54) is 22.9 Å². The van der Waals surface area contributed by atoms with Crippen molar-refractivity contribution in [2.24, 2.45) is 0 Å². The Morgan fingerprint density at radius 2 is 1.74 bits per heavy atom. The molecule has 1 N–H and O–H groups in total. The van der Waals surface area contributed by atoms with Crippen LogP contribution >= 0.6 is 11.8 Å². The van der Waals surface area contributed by atoms with Gasteiger partial charge in [-0.05, 0) is 48.9 Å². The van der Waals surface area contributed by atoms with Crippen LogP contribution in [-0.4, -0.2) is 23.2 Å². The van der Waals surface area contributed by atoms with Crippen molar-refractivity contribution < 1.29 is 9.47 Å². The van der Waals surface area contributed by atoms with Crippen LogP contribution in [0.5, 0.6) is 0 Å². The summed E-state index contributed by atoms with van der Waals surface area (Å²) >= 11 is 1.48. The van der Waals surface area contributed by atoms with Gasteiger partial charge in [-0.3, -0.25) is 0 Å². The number of nitrogens with zero attached hydrogens (tertiary/aromatic N) is 1. The van der Waals surface area contributed by atoms with Crippen LogP contribution in [0.3, 0.4) is 0 Å². The quantitative estimate of drug-likeness (QED) is 0.786. The summed E-state index contributed by atoms with van der Waals surface area (Å²) in [6, 6.07) is 14.3. The van der Waals surface area contributed by atoms with Crippen molar-refractivity contribution in [1.82, 2.24) is 9.97 Å². The van der Waals surface area contributed by atoms with Gasteiger partial charge in [0.1, 0.15) is 0 Å². The monoisotopic (exact) mass is 326 g/mol. The Morgan fingerprint density at radius 1 is 1.04 bits per heavy atom. The van der Waals surface area contributed by atoms with Gasteiger partial charge in [-0.15, -0.1) is 0 Å². The molecule has 0 bridgehead atoms. The van der Waals surface area contributed by atoms with E-state index in [1.807, 2.05) is 30.3 Å². The number of thioether (sulfide) groups is 1. The molecule has 5 heteroatoms. The molecule has 4 rings (SSSR count). The summed E-state index contributed by atoms with van der Waals surface area (Å²) in [5.41, 5.74) is 5.50. The molecule has 118 valence electrons. The van der Waals surface area contributed by atoms with Crippen molar-refractivity contribution in [3.8, 4) is 0 Å². The van der Waals surface area contributed by atoms with Crippen LogP contribution in [0.25, 0.3) is 11.0 Å². The Morgan fingerprint density at radius 3 is 2.48 bits per heavy atom. The standard InChI is InChI=1S/C18H18N2O2S/c1-12-10-15-16(11-13(12)2)20-17(19-15)23-18(21-8-9-22-18)14-6-4-3-5-7-14/h3-7,10-11H,8-9H2,1-2H3,(H,19,20). The van der Waals surface area contributed by atoms with Crippen LogP contribution in [0, 0.1) is 13.8 Å². The zero-order chi connectivity index (χ0) is 15.9. The summed E-state index contributed by atoms with van der Waals surface area (Å²) in [4.78, 5) is 8.07. The van der Waals surface area contributed by atoms with E-state index >= 15 is 0 Å². The lowest BCUT2D eigenvalue weighted by molar-refractivity contribution is -0.0817. The van der Waals surface area contributed by atoms with Crippen molar-refractivity contribution in [2.45, 2.75) is 24.1 Å². The average Bonchev–Trinajstić information content (AvgIpc) is 3.17. The molecule has 2 heterocycles. The summed E-state index contributed by atoms with van der Waals surface area (Å²) < 4.78 is 11.9. The third-order valence-electron chi connectivity index (χ3n) is 4.10. The van der Waals surface area contributed by atoms with Crippen LogP contribution in [0.4, 0.5) is 0 Å². The second kappa shape index (κ2) is 5.67. The van der Waals surface area contributed by atoms with Gasteiger partial charge in [-0.1, -0.05) is 30.3 Å². The third-order valence-corrected chi connectivity index (χ3v) is 5.23. The number of rotatable bonds is 3. The predicted molar refractivity (Wildman–Crippen MR) is 91.4 cm³/mol. The van der Waals surface area contributed by atoms with E-state index in [4.69, 9.17) is 14.5 Å². The van der Waals surface area contributed by atoms with Gasteiger partial charge in [0.15, 0.2) is 5.16 Å². The van der Waals surface area contributed by atoms with E-state index in [0.717, 1.165) is 21.8 Å². The Hall–Kier alpha value is -1.82. The number of benzene rings is 2. The number of fused-ring (bicyclic) bond motifs is 1. The summed E-state index contributed by atoms with van der Waals surface area (Å²) in [6.07, 6.45) is 0. The maximum absolute atomic E-state index is 5.95. The lowest BCUT2D eigenvalue weighted by Gasteiger charge is -2.25. The first-order chi connectivity index (χ1) is 11.2. The predicted octanol–water partition coefficient (Wildman–Crippen LogP) is 4.13. The molecule has 0 unspecified atom stereocenters. The van der Waals surface area contributed by atoms with Crippen molar-refractivity contribution >= 4 is 22.8 Å². The molecule has 1 aromatic heterocycles. The Balaban J connectivity index is 1.73. The number of ether oxygens (including phenoxy) is 2. The molecular weight excluding hydrogens is 308 g/mol. The topological polar surface area (TPSA) is 47.1 Å². The highest BCUT2D eigenvalue weighted by Gasteiger charge is 2.41. The Labute approximate surface area is 139 Å². The fourth-order valence-corrected chi connectivity index (χ4v) is 3.84. The fourth-order valence-electron chi connectivity index (χ4n) is 2.74. The molecule has 2 aromatic carbocycles. The molecule has 1 aliphatic heterocycles. The molecular formula is C18H18N2O2S. The number of H-pyrrole nitrogens is 1. The molecule has 0 amide bonds. The van der Waals surface area contributed by atoms with Gasteiger partial charge < -0.3 is 14.5 Å². The first-order valence-corrected chi connectivity index (χ1v) is 8.47. The zero-order valence-electron chi connectivity index (χ0n) is 13.1. The summed E-state index contributed by atoms with van der Waals surface area (Å²) in [6.45, 7) is 5.38. The molecule has 23 heavy (non-hydrogen) atoms. The first-order valence-electron chi connectivity index (χ1n) is 7.66. The maximum Gasteiger partial charge on any atom is 0.253 e. The summed E-state index contributed by atoms with van der Waals surface area (Å²) in [7, 11) is 0. The normalized spacial score (nSPS) is 17.0. The van der Waals surface area contributed by atoms with Gasteiger partial charge in [0.05, 0.1) is 24.2 Å². The first kappa shape index (κ1) is 14.8. The Kier molecular flexibility index (Phi) is 3.64. The minimum Gasteiger partial charge on any atom is -0.335 e. The molecule has 0 atom stereocenters. The summed E-state index contributed by atoms with van der Waals surface area (Å²) in [5, 5.41) is -0.0186. The molecule has 4 nitrogen and oxygen atoms in total. The molecule has 1 aliphatic rings. The van der Waals surface area contributed by atoms with Gasteiger partial charge in [-0.2, -0.15) is 0 Å². The zero-order valence-corrected chi connectivity index (χ0v) is 13.9. The van der Waals surface area contributed by atoms with E-state index in [1.54, 1.807) is 0 Å². The van der Waals surface area contributed by atoms with Crippen LogP contribution in [-0.2, 0) is 14.6 Å². The van der Waals surface area contributed by atoms with E-state index in [2.05, 4.69) is 31.0 Å². The molecule has 0 spiro atoms. The van der Waals surface area contributed by atoms with Crippen LogP contribution < -0.4 is 0 Å². The average molecular weight is 326 g/mol. The van der Waals surface area contributed by atoms with Gasteiger partial charge in [-0.25, -0.2) is 4.98 Å². The lowest BCUT2D eigenvalue weighted by atomic mass is 10.1. The highest BCUT2D eigenvalue weighted by Crippen LogP contribution is 2.45. The van der Waals surface area contributed by atoms with Gasteiger partial charge in [0.2, 0.25) is 0 Å². The second-order valence-corrected chi connectivity index (χ2v) is 6.85. The molecule has 1 fully saturated rings. The molecule has 0 saturated carbocycles. The fraction of sp³-hybridized carbons (Fsp3) is 0.278. The van der Waals surface area contributed by atoms with Crippen LogP contribution in [0.2, 0.25) is 0 Å². The number of nitrogens with one attached hydrogen (secondary N) is 1. The number of hydrogen-bond donors (Lipinski definition) is 1. The number of imidazole rings is 1. The van der Waals surface area contributed by atoms with Crippen molar-refractivity contribution in [3.63, 3.8) is 0 Å². The lowest BCUT2D eigenvalue weighted by Crippen LogP contribution is -2.22. The minimum atomic E-state index is -0.820. The third kappa shape index (κ3) is 2.65. The van der Waals surface area contributed by atoms with Gasteiger partial charge in [0.25, 0.3) is 5.12 Å². The van der Waals surface area contributed by atoms with E-state index < -0.39 is 5.12 Å². The Bertz CT molecular complexity index is 800. The number of hydrogen-bond acceptors (Lipinski definition) is 4. The van der Waals surface area contributed by atoms with Gasteiger partial charge >= 0.3 is 0 Å². The summed E-state index contributed by atoms with van der Waals surface area (Å²) in [5.74, 6) is 0. The van der Waals surface area contributed by atoms with Gasteiger partial charge in [0, 0.05) is 5.56 Å². The molecule has 3 aromatic rings. The van der Waals surface area contributed by atoms with E-state index in [9.17, 15) is 0 Å². The van der Waals surface area contributed by atoms with Crippen molar-refractivity contribution in [3.05, 3.63) is 59.2 Å². The molecule has 0 aliphatic carbocycles. The van der Waals surface area contributed by atoms with Crippen LogP contribution in [0.1, 0.15) is 16.7 Å². The number of aromatic amines is 1. The second-order valence-electron chi connectivity index (χ2n) is 5.72. The van der Waals surface area contributed by atoms with Crippen molar-refractivity contribution in [1.29, 1.82) is 0 Å². The van der Waals surface area contributed by atoms with E-state index in [-0.39, 0.29) is 0 Å². The maximum atomic E-state index is 5.95.